The highest BCUT2D eigenvalue weighted by Crippen LogP contribution is 2.26. The Hall–Kier alpha value is -0.570. The van der Waals surface area contributed by atoms with E-state index >= 15 is 0 Å². The minimum Gasteiger partial charge on any atom is -0.395 e. The number of aromatic nitrogens is 2. The van der Waals surface area contributed by atoms with E-state index in [1.807, 2.05) is 0 Å². The molecule has 1 unspecified atom stereocenters. The van der Waals surface area contributed by atoms with Gasteiger partial charge >= 0.3 is 0 Å². The number of nitrogens with two attached hydrogens (primary N) is 2. The van der Waals surface area contributed by atoms with Crippen LogP contribution in [-0.4, -0.2) is 33.5 Å². The Morgan fingerprint density at radius 3 is 2.87 bits per heavy atom. The Bertz CT molecular complexity index is 393. The van der Waals surface area contributed by atoms with Gasteiger partial charge in [0.1, 0.15) is 9.50 Å². The highest BCUT2D eigenvalue weighted by Gasteiger charge is 2.13. The van der Waals surface area contributed by atoms with Crippen molar-refractivity contribution in [3.05, 3.63) is 14.8 Å². The third-order valence-corrected chi connectivity index (χ3v) is 3.79. The van der Waals surface area contributed by atoms with Crippen molar-refractivity contribution in [3.63, 3.8) is 0 Å². The molecular weight excluding hydrogens is 284 g/mol. The summed E-state index contributed by atoms with van der Waals surface area (Å²) in [6.07, 6.45) is 0. The minimum absolute atomic E-state index is 0.0411. The lowest BCUT2D eigenvalue weighted by Crippen LogP contribution is -2.22. The van der Waals surface area contributed by atoms with E-state index in [2.05, 4.69) is 25.9 Å². The van der Waals surface area contributed by atoms with Crippen molar-refractivity contribution in [2.75, 3.05) is 18.9 Å². The van der Waals surface area contributed by atoms with Crippen LogP contribution >= 0.6 is 27.7 Å². The summed E-state index contributed by atoms with van der Waals surface area (Å²) in [5.74, 6) is 0.0411. The van der Waals surface area contributed by atoms with Crippen LogP contribution in [0.4, 0.5) is 5.95 Å². The maximum Gasteiger partial charge on any atom is 0.267 e. The monoisotopic (exact) mass is 294 g/mol. The number of rotatable bonds is 4. The van der Waals surface area contributed by atoms with E-state index in [-0.39, 0.29) is 23.4 Å². The van der Waals surface area contributed by atoms with Crippen LogP contribution < -0.4 is 17.0 Å². The Kier molecular flexibility index (Phi) is 4.58. The van der Waals surface area contributed by atoms with Crippen molar-refractivity contribution < 1.29 is 5.11 Å². The van der Waals surface area contributed by atoms with E-state index in [1.54, 1.807) is 0 Å². The molecule has 15 heavy (non-hydrogen) atoms. The summed E-state index contributed by atoms with van der Waals surface area (Å²) in [4.78, 5) is 17.6. The molecule has 0 saturated carbocycles. The molecule has 1 aromatic rings. The zero-order chi connectivity index (χ0) is 11.4. The number of halogens is 1. The standard InChI is InChI=1S/C7H11BrN4O2S/c8-4-5(14)11-7(10)12-6(4)15-3(1-9)2-13/h3,13H,1-2,9H2,(H3,10,11,12,14). The number of nitrogens with one attached hydrogen (secondary N) is 1. The molecule has 0 aliphatic heterocycles. The number of hydrogen-bond donors (Lipinski definition) is 4. The Balaban J connectivity index is 2.98. The Morgan fingerprint density at radius 2 is 2.33 bits per heavy atom. The van der Waals surface area contributed by atoms with Crippen molar-refractivity contribution in [1.82, 2.24) is 9.97 Å². The number of anilines is 1. The predicted octanol–water partition coefficient (Wildman–Crippen LogP) is -0.474. The van der Waals surface area contributed by atoms with Gasteiger partial charge in [0.2, 0.25) is 5.95 Å². The third kappa shape index (κ3) is 3.20. The van der Waals surface area contributed by atoms with Gasteiger partial charge in [0.25, 0.3) is 5.56 Å². The van der Waals surface area contributed by atoms with Crippen LogP contribution in [0.15, 0.2) is 14.3 Å². The fourth-order valence-electron chi connectivity index (χ4n) is 0.851. The molecule has 6 nitrogen and oxygen atoms in total. The first-order valence-corrected chi connectivity index (χ1v) is 5.78. The van der Waals surface area contributed by atoms with E-state index < -0.39 is 0 Å². The first-order chi connectivity index (χ1) is 7.08. The zero-order valence-electron chi connectivity index (χ0n) is 7.74. The van der Waals surface area contributed by atoms with Crippen molar-refractivity contribution in [2.24, 2.45) is 5.73 Å². The second kappa shape index (κ2) is 5.50. The van der Waals surface area contributed by atoms with Crippen LogP contribution in [0.5, 0.6) is 0 Å². The summed E-state index contributed by atoms with van der Waals surface area (Å²) in [6.45, 7) is 0.212. The van der Waals surface area contributed by atoms with E-state index in [0.717, 1.165) is 0 Å². The molecule has 1 rings (SSSR count). The number of H-pyrrole nitrogens is 1. The number of thioether (sulfide) groups is 1. The van der Waals surface area contributed by atoms with E-state index in [0.29, 0.717) is 16.0 Å². The number of aliphatic hydroxyl groups excluding tert-OH is 1. The van der Waals surface area contributed by atoms with Crippen LogP contribution in [0.3, 0.4) is 0 Å². The second-order valence-electron chi connectivity index (χ2n) is 2.73. The van der Waals surface area contributed by atoms with Crippen LogP contribution in [0.2, 0.25) is 0 Å². The van der Waals surface area contributed by atoms with Gasteiger partial charge in [0.15, 0.2) is 0 Å². The molecule has 0 radical (unpaired) electrons. The van der Waals surface area contributed by atoms with Gasteiger partial charge in [-0.25, -0.2) is 4.98 Å². The van der Waals surface area contributed by atoms with Crippen LogP contribution in [0.25, 0.3) is 0 Å². The molecule has 1 atom stereocenters. The van der Waals surface area contributed by atoms with E-state index in [4.69, 9.17) is 16.6 Å². The molecule has 0 aliphatic rings. The first kappa shape index (κ1) is 12.5. The third-order valence-electron chi connectivity index (χ3n) is 1.60. The molecule has 0 saturated heterocycles. The largest absolute Gasteiger partial charge is 0.395 e. The minimum atomic E-state index is -0.348. The maximum absolute atomic E-state index is 11.3. The van der Waals surface area contributed by atoms with Crippen molar-refractivity contribution >= 4 is 33.6 Å². The maximum atomic E-state index is 11.3. The predicted molar refractivity (Wildman–Crippen MR) is 62.8 cm³/mol. The quantitative estimate of drug-likeness (QED) is 0.440. The lowest BCUT2D eigenvalue weighted by Gasteiger charge is -2.11. The zero-order valence-corrected chi connectivity index (χ0v) is 10.1. The molecule has 1 heterocycles. The number of hydrogen-bond acceptors (Lipinski definition) is 6. The number of nitrogens with zero attached hydrogens (tertiary/aromatic N) is 1. The number of aromatic amines is 1. The summed E-state index contributed by atoms with van der Waals surface area (Å²) in [5, 5.41) is 9.19. The van der Waals surface area contributed by atoms with Crippen molar-refractivity contribution in [3.8, 4) is 0 Å². The lowest BCUT2D eigenvalue weighted by atomic mass is 10.5. The molecule has 0 bridgehead atoms. The number of nitrogen functional groups attached to an aromatic ring is 1. The van der Waals surface area contributed by atoms with Crippen molar-refractivity contribution in [1.29, 1.82) is 0 Å². The van der Waals surface area contributed by atoms with Crippen LogP contribution in [0.1, 0.15) is 0 Å². The van der Waals surface area contributed by atoms with Gasteiger partial charge in [-0.2, -0.15) is 0 Å². The van der Waals surface area contributed by atoms with Crippen LogP contribution in [0, 0.1) is 0 Å². The average Bonchev–Trinajstić information content (AvgIpc) is 2.21. The van der Waals surface area contributed by atoms with Gasteiger partial charge in [0.05, 0.1) is 6.61 Å². The van der Waals surface area contributed by atoms with E-state index in [9.17, 15) is 4.79 Å². The molecule has 0 spiro atoms. The summed E-state index contributed by atoms with van der Waals surface area (Å²) >= 11 is 4.31. The number of aliphatic hydroxyl groups is 1. The fourth-order valence-corrected chi connectivity index (χ4v) is 2.15. The Morgan fingerprint density at radius 1 is 1.67 bits per heavy atom. The molecule has 0 aliphatic carbocycles. The molecule has 84 valence electrons. The molecule has 1 aromatic heterocycles. The molecule has 0 aromatic carbocycles. The Labute approximate surface area is 98.6 Å². The topological polar surface area (TPSA) is 118 Å². The molecule has 8 heteroatoms. The van der Waals surface area contributed by atoms with Gasteiger partial charge in [-0.05, 0) is 15.9 Å². The summed E-state index contributed by atoms with van der Waals surface area (Å²) in [7, 11) is 0. The highest BCUT2D eigenvalue weighted by molar-refractivity contribution is 9.10. The molecule has 0 fully saturated rings. The second-order valence-corrected chi connectivity index (χ2v) is 4.81. The SMILES string of the molecule is NCC(CO)Sc1nc(N)[nH]c(=O)c1Br. The average molecular weight is 295 g/mol. The van der Waals surface area contributed by atoms with Gasteiger partial charge in [-0.1, -0.05) is 11.8 Å². The highest BCUT2D eigenvalue weighted by atomic mass is 79.9. The van der Waals surface area contributed by atoms with Gasteiger partial charge < -0.3 is 16.6 Å². The summed E-state index contributed by atoms with van der Waals surface area (Å²) in [5.41, 5.74) is 10.5. The molecule has 6 N–H and O–H groups in total. The molecular formula is C7H11BrN4O2S. The van der Waals surface area contributed by atoms with Crippen LogP contribution in [-0.2, 0) is 0 Å². The summed E-state index contributed by atoms with van der Waals surface area (Å²) < 4.78 is 0.300. The first-order valence-electron chi connectivity index (χ1n) is 4.11. The van der Waals surface area contributed by atoms with Crippen molar-refractivity contribution in [2.45, 2.75) is 10.3 Å². The van der Waals surface area contributed by atoms with Gasteiger partial charge in [0, 0.05) is 11.8 Å². The normalized spacial score (nSPS) is 12.7. The molecule has 0 amide bonds. The lowest BCUT2D eigenvalue weighted by molar-refractivity contribution is 0.296. The fraction of sp³-hybridized carbons (Fsp3) is 0.429. The smallest absolute Gasteiger partial charge is 0.267 e. The van der Waals surface area contributed by atoms with E-state index in [1.165, 1.54) is 11.8 Å². The summed E-state index contributed by atoms with van der Waals surface area (Å²) in [6, 6.07) is 0. The van der Waals surface area contributed by atoms with Gasteiger partial charge in [-0.3, -0.25) is 9.78 Å². The van der Waals surface area contributed by atoms with Gasteiger partial charge in [-0.15, -0.1) is 0 Å².